The second-order valence-corrected chi connectivity index (χ2v) is 8.27. The number of aliphatic hydroxyl groups is 1. The number of aliphatic hydroxyl groups excluding tert-OH is 1. The number of ether oxygens (including phenoxy) is 2. The molecule has 3 N–H and O–H groups in total. The lowest BCUT2D eigenvalue weighted by molar-refractivity contribution is 0.118. The first-order valence-electron chi connectivity index (χ1n) is 11.0. The van der Waals surface area contributed by atoms with Gasteiger partial charge in [-0.1, -0.05) is 12.5 Å². The Labute approximate surface area is 190 Å². The molecule has 2 heterocycles. The first kappa shape index (κ1) is 21.2. The van der Waals surface area contributed by atoms with Gasteiger partial charge in [0, 0.05) is 23.9 Å². The summed E-state index contributed by atoms with van der Waals surface area (Å²) in [5.74, 6) is 1.56. The normalized spacial score (nSPS) is 18.4. The first-order valence-corrected chi connectivity index (χ1v) is 11.0. The molecule has 0 spiro atoms. The van der Waals surface area contributed by atoms with Gasteiger partial charge in [-0.25, -0.2) is 9.97 Å². The van der Waals surface area contributed by atoms with Gasteiger partial charge >= 0.3 is 0 Å². The van der Waals surface area contributed by atoms with Crippen LogP contribution in [0.5, 0.6) is 17.2 Å². The number of hydrogen-bond acceptors (Lipinski definition) is 6. The highest BCUT2D eigenvalue weighted by molar-refractivity contribution is 5.85. The molecular weight excluding hydrogens is 423 g/mol. The molecule has 1 aliphatic carbocycles. The van der Waals surface area contributed by atoms with Gasteiger partial charge in [0.05, 0.1) is 13.2 Å². The summed E-state index contributed by atoms with van der Waals surface area (Å²) in [6, 6.07) is 12.0. The van der Waals surface area contributed by atoms with Crippen molar-refractivity contribution in [3.8, 4) is 28.5 Å². The summed E-state index contributed by atoms with van der Waals surface area (Å²) in [4.78, 5) is 9.20. The molecule has 1 unspecified atom stereocenters. The number of methoxy groups -OCH3 is 1. The molecule has 0 saturated heterocycles. The van der Waals surface area contributed by atoms with E-state index in [4.69, 9.17) is 20.2 Å². The van der Waals surface area contributed by atoms with Crippen molar-refractivity contribution in [2.75, 3.05) is 12.8 Å². The van der Waals surface area contributed by atoms with E-state index >= 15 is 0 Å². The van der Waals surface area contributed by atoms with E-state index in [1.165, 1.54) is 13.2 Å². The third-order valence-corrected chi connectivity index (χ3v) is 6.13. The molecule has 170 valence electrons. The zero-order chi connectivity index (χ0) is 22.9. The van der Waals surface area contributed by atoms with E-state index in [2.05, 4.69) is 4.98 Å². The van der Waals surface area contributed by atoms with Gasteiger partial charge in [-0.05, 0) is 55.7 Å². The Hall–Kier alpha value is -3.65. The second kappa shape index (κ2) is 8.71. The number of aromatic nitrogens is 3. The molecule has 33 heavy (non-hydrogen) atoms. The summed E-state index contributed by atoms with van der Waals surface area (Å²) in [5.41, 5.74) is 8.54. The van der Waals surface area contributed by atoms with Gasteiger partial charge in [0.1, 0.15) is 28.6 Å². The van der Waals surface area contributed by atoms with Crippen molar-refractivity contribution in [3.05, 3.63) is 66.5 Å². The lowest BCUT2D eigenvalue weighted by Crippen LogP contribution is -2.19. The monoisotopic (exact) mass is 448 g/mol. The minimum Gasteiger partial charge on any atom is -0.494 e. The summed E-state index contributed by atoms with van der Waals surface area (Å²) in [7, 11) is 1.41. The number of halogens is 1. The Morgan fingerprint density at radius 3 is 2.67 bits per heavy atom. The van der Waals surface area contributed by atoms with E-state index in [0.29, 0.717) is 18.0 Å². The molecular formula is C25H25FN4O3. The quantitative estimate of drug-likeness (QED) is 0.449. The fraction of sp³-hybridized carbons (Fsp3) is 0.280. The SMILES string of the molecule is COc1cccc(Oc2ccc(-c3nc(C4CCC[C@@H](O)C4)n4ccnc(N)c34)cc2)c1F. The molecule has 5 rings (SSSR count). The molecule has 1 fully saturated rings. The minimum absolute atomic E-state index is 0.0844. The number of anilines is 1. The first-order chi connectivity index (χ1) is 16.0. The second-order valence-electron chi connectivity index (χ2n) is 8.27. The van der Waals surface area contributed by atoms with Crippen LogP contribution in [0.2, 0.25) is 0 Å². The number of rotatable bonds is 5. The summed E-state index contributed by atoms with van der Waals surface area (Å²) < 4.78 is 27.1. The molecule has 4 aromatic rings. The smallest absolute Gasteiger partial charge is 0.207 e. The van der Waals surface area contributed by atoms with E-state index in [9.17, 15) is 9.50 Å². The fourth-order valence-corrected chi connectivity index (χ4v) is 4.51. The number of nitrogen functional groups attached to an aromatic ring is 1. The average Bonchev–Trinajstić information content (AvgIpc) is 3.22. The largest absolute Gasteiger partial charge is 0.494 e. The van der Waals surface area contributed by atoms with Crippen LogP contribution in [0, 0.1) is 5.82 Å². The molecule has 8 heteroatoms. The van der Waals surface area contributed by atoms with Crippen LogP contribution in [0.15, 0.2) is 54.9 Å². The van der Waals surface area contributed by atoms with E-state index in [1.54, 1.807) is 30.5 Å². The van der Waals surface area contributed by atoms with Crippen molar-refractivity contribution in [2.45, 2.75) is 37.7 Å². The van der Waals surface area contributed by atoms with Crippen molar-refractivity contribution in [1.82, 2.24) is 14.4 Å². The molecule has 2 aromatic heterocycles. The van der Waals surface area contributed by atoms with Crippen molar-refractivity contribution in [3.63, 3.8) is 0 Å². The van der Waals surface area contributed by atoms with Gasteiger partial charge in [-0.2, -0.15) is 4.39 Å². The number of nitrogens with zero attached hydrogens (tertiary/aromatic N) is 3. The number of benzene rings is 2. The van der Waals surface area contributed by atoms with Crippen molar-refractivity contribution < 1.29 is 19.0 Å². The van der Waals surface area contributed by atoms with Crippen LogP contribution in [-0.2, 0) is 0 Å². The van der Waals surface area contributed by atoms with Crippen LogP contribution < -0.4 is 15.2 Å². The molecule has 1 saturated carbocycles. The van der Waals surface area contributed by atoms with E-state index in [1.807, 2.05) is 22.7 Å². The summed E-state index contributed by atoms with van der Waals surface area (Å²) in [6.07, 6.45) is 6.65. The summed E-state index contributed by atoms with van der Waals surface area (Å²) in [6.45, 7) is 0. The third-order valence-electron chi connectivity index (χ3n) is 6.13. The molecule has 0 bridgehead atoms. The molecule has 2 atom stereocenters. The predicted molar refractivity (Wildman–Crippen MR) is 123 cm³/mol. The van der Waals surface area contributed by atoms with Crippen LogP contribution >= 0.6 is 0 Å². The van der Waals surface area contributed by atoms with E-state index in [-0.39, 0.29) is 23.5 Å². The average molecular weight is 448 g/mol. The Balaban J connectivity index is 1.49. The Kier molecular flexibility index (Phi) is 5.60. The maximum Gasteiger partial charge on any atom is 0.207 e. The zero-order valence-corrected chi connectivity index (χ0v) is 18.2. The van der Waals surface area contributed by atoms with Crippen molar-refractivity contribution in [2.24, 2.45) is 0 Å². The van der Waals surface area contributed by atoms with Crippen LogP contribution in [0.25, 0.3) is 16.8 Å². The molecule has 0 aliphatic heterocycles. The minimum atomic E-state index is -0.553. The summed E-state index contributed by atoms with van der Waals surface area (Å²) in [5, 5.41) is 10.2. The number of nitrogens with two attached hydrogens (primary N) is 1. The van der Waals surface area contributed by atoms with Crippen molar-refractivity contribution >= 4 is 11.3 Å². The lowest BCUT2D eigenvalue weighted by atomic mass is 9.87. The topological polar surface area (TPSA) is 94.9 Å². The van der Waals surface area contributed by atoms with Gasteiger partial charge < -0.3 is 20.3 Å². The van der Waals surface area contributed by atoms with Gasteiger partial charge in [-0.15, -0.1) is 0 Å². The Morgan fingerprint density at radius 2 is 1.91 bits per heavy atom. The fourth-order valence-electron chi connectivity index (χ4n) is 4.51. The standard InChI is InChI=1S/C25H25FN4O3/c1-32-19-6-3-7-20(21(19)26)33-18-10-8-15(9-11-18)22-23-24(27)28-12-13-30(23)25(29-22)16-4-2-5-17(31)14-16/h3,6-13,16-17,31H,2,4-5,14H2,1H3,(H2,27,28)/t16?,17-/m1/s1. The Bertz CT molecular complexity index is 1290. The van der Waals surface area contributed by atoms with Gasteiger partial charge in [-0.3, -0.25) is 4.40 Å². The highest BCUT2D eigenvalue weighted by Gasteiger charge is 2.27. The molecule has 0 radical (unpaired) electrons. The van der Waals surface area contributed by atoms with Crippen LogP contribution in [0.3, 0.4) is 0 Å². The Morgan fingerprint density at radius 1 is 1.12 bits per heavy atom. The van der Waals surface area contributed by atoms with Crippen molar-refractivity contribution in [1.29, 1.82) is 0 Å². The summed E-state index contributed by atoms with van der Waals surface area (Å²) >= 11 is 0. The molecule has 0 amide bonds. The van der Waals surface area contributed by atoms with Crippen LogP contribution in [-0.4, -0.2) is 32.7 Å². The highest BCUT2D eigenvalue weighted by Crippen LogP contribution is 2.37. The predicted octanol–water partition coefficient (Wildman–Crippen LogP) is 4.94. The lowest BCUT2D eigenvalue weighted by Gasteiger charge is -2.24. The molecule has 7 nitrogen and oxygen atoms in total. The van der Waals surface area contributed by atoms with Crippen LogP contribution in [0.4, 0.5) is 10.2 Å². The number of hydrogen-bond donors (Lipinski definition) is 2. The molecule has 2 aromatic carbocycles. The molecule has 1 aliphatic rings. The maximum absolute atomic E-state index is 14.4. The van der Waals surface area contributed by atoms with Gasteiger partial charge in [0.15, 0.2) is 11.5 Å². The zero-order valence-electron chi connectivity index (χ0n) is 18.2. The van der Waals surface area contributed by atoms with Gasteiger partial charge in [0.25, 0.3) is 0 Å². The highest BCUT2D eigenvalue weighted by atomic mass is 19.1. The van der Waals surface area contributed by atoms with Crippen LogP contribution in [0.1, 0.15) is 37.4 Å². The third kappa shape index (κ3) is 3.98. The van der Waals surface area contributed by atoms with E-state index in [0.717, 1.165) is 41.9 Å². The van der Waals surface area contributed by atoms with Gasteiger partial charge in [0.2, 0.25) is 5.82 Å². The maximum atomic E-state index is 14.4. The number of imidazole rings is 1. The van der Waals surface area contributed by atoms with E-state index < -0.39 is 5.82 Å². The number of fused-ring (bicyclic) bond motifs is 1.